The van der Waals surface area contributed by atoms with E-state index in [1.165, 1.54) is 16.7 Å². The predicted octanol–water partition coefficient (Wildman–Crippen LogP) is 4.28. The van der Waals surface area contributed by atoms with Gasteiger partial charge in [0.1, 0.15) is 5.71 Å². The molecule has 0 radical (unpaired) electrons. The number of rotatable bonds is 4. The van der Waals surface area contributed by atoms with Gasteiger partial charge in [0, 0.05) is 23.3 Å². The Labute approximate surface area is 174 Å². The normalized spacial score (nSPS) is 14.4. The summed E-state index contributed by atoms with van der Waals surface area (Å²) in [6.07, 6.45) is 3.33. The van der Waals surface area contributed by atoms with E-state index >= 15 is 0 Å². The minimum absolute atomic E-state index is 0.0264. The first-order chi connectivity index (χ1) is 13.9. The first kappa shape index (κ1) is 19.0. The van der Waals surface area contributed by atoms with Gasteiger partial charge in [-0.2, -0.15) is 5.10 Å². The van der Waals surface area contributed by atoms with E-state index in [0.29, 0.717) is 26.8 Å². The van der Waals surface area contributed by atoms with Crippen LogP contribution in [0.25, 0.3) is 11.8 Å². The van der Waals surface area contributed by atoms with Crippen LogP contribution in [0.1, 0.15) is 16.0 Å². The van der Waals surface area contributed by atoms with Crippen molar-refractivity contribution in [3.63, 3.8) is 0 Å². The lowest BCUT2D eigenvalue weighted by atomic mass is 10.0. The molecule has 0 amide bonds. The van der Waals surface area contributed by atoms with Gasteiger partial charge >= 0.3 is 4.87 Å². The van der Waals surface area contributed by atoms with E-state index in [0.717, 1.165) is 22.6 Å². The minimum atomic E-state index is -0.456. The van der Waals surface area contributed by atoms with Gasteiger partial charge in [0.05, 0.1) is 26.7 Å². The van der Waals surface area contributed by atoms with E-state index in [1.807, 2.05) is 31.2 Å². The number of allylic oxidation sites excluding steroid dienone is 1. The summed E-state index contributed by atoms with van der Waals surface area (Å²) in [4.78, 5) is 23.7. The molecule has 0 saturated carbocycles. The highest BCUT2D eigenvalue weighted by Crippen LogP contribution is 2.26. The zero-order valence-corrected chi connectivity index (χ0v) is 16.9. The van der Waals surface area contributed by atoms with E-state index in [1.54, 1.807) is 24.4 Å². The topological polar surface area (TPSA) is 89.9 Å². The molecule has 0 N–H and O–H groups in total. The monoisotopic (exact) mass is 422 g/mol. The number of nitrogens with zero attached hydrogens (tertiary/aromatic N) is 4. The van der Waals surface area contributed by atoms with Crippen LogP contribution < -0.4 is 4.87 Å². The highest BCUT2D eigenvalue weighted by molar-refractivity contribution is 7.80. The Morgan fingerprint density at radius 2 is 1.97 bits per heavy atom. The van der Waals surface area contributed by atoms with Crippen LogP contribution in [0.2, 0.25) is 0 Å². The van der Waals surface area contributed by atoms with Crippen LogP contribution in [0.5, 0.6) is 0 Å². The van der Waals surface area contributed by atoms with Crippen LogP contribution in [0.4, 0.5) is 5.69 Å². The molecule has 7 nitrogen and oxygen atoms in total. The van der Waals surface area contributed by atoms with Gasteiger partial charge in [-0.05, 0) is 25.1 Å². The third-order valence-corrected chi connectivity index (χ3v) is 5.83. The summed E-state index contributed by atoms with van der Waals surface area (Å²) in [6, 6.07) is 13.8. The lowest BCUT2D eigenvalue weighted by Gasteiger charge is -2.05. The number of aryl methyl sites for hydroxylation is 1. The van der Waals surface area contributed by atoms with E-state index in [-0.39, 0.29) is 10.6 Å². The molecule has 9 heteroatoms. The van der Waals surface area contributed by atoms with Crippen molar-refractivity contribution in [1.82, 2.24) is 4.57 Å². The third kappa shape index (κ3) is 3.69. The van der Waals surface area contributed by atoms with Gasteiger partial charge in [0.2, 0.25) is 0 Å². The number of hydrogen-bond acceptors (Lipinski definition) is 7. The van der Waals surface area contributed by atoms with Gasteiger partial charge in [0.25, 0.3) is 5.69 Å². The van der Waals surface area contributed by atoms with Crippen molar-refractivity contribution < 1.29 is 4.92 Å². The maximum atomic E-state index is 12.6. The molecule has 0 unspecified atom stereocenters. The zero-order valence-electron chi connectivity index (χ0n) is 15.1. The average molecular weight is 422 g/mol. The molecule has 2 aromatic carbocycles. The molecule has 1 aromatic heterocycles. The fourth-order valence-electron chi connectivity index (χ4n) is 2.90. The van der Waals surface area contributed by atoms with Crippen molar-refractivity contribution in [1.29, 1.82) is 0 Å². The number of thiol groups is 1. The molecule has 3 aromatic rings. The SMILES string of the molecule is Cc1ccc(-n2c(S)c(/C=C3/C=NN=C3c3cccc([N+](=O)[O-])c3)sc2=O)cc1. The van der Waals surface area contributed by atoms with E-state index in [2.05, 4.69) is 22.8 Å². The van der Waals surface area contributed by atoms with Crippen LogP contribution in [0.15, 0.2) is 74.1 Å². The molecule has 2 heterocycles. The molecule has 4 rings (SSSR count). The number of nitro benzene ring substituents is 1. The van der Waals surface area contributed by atoms with Gasteiger partial charge in [-0.25, -0.2) is 0 Å². The van der Waals surface area contributed by atoms with Crippen molar-refractivity contribution in [2.75, 3.05) is 0 Å². The van der Waals surface area contributed by atoms with Crippen molar-refractivity contribution in [2.24, 2.45) is 10.2 Å². The van der Waals surface area contributed by atoms with Gasteiger partial charge in [-0.15, -0.1) is 17.7 Å². The summed E-state index contributed by atoms with van der Waals surface area (Å²) in [5.41, 5.74) is 3.54. The van der Waals surface area contributed by atoms with Crippen molar-refractivity contribution in [2.45, 2.75) is 11.9 Å². The van der Waals surface area contributed by atoms with E-state index < -0.39 is 4.92 Å². The maximum absolute atomic E-state index is 12.6. The summed E-state index contributed by atoms with van der Waals surface area (Å²) in [5.74, 6) is 0. The first-order valence-corrected chi connectivity index (χ1v) is 9.80. The molecular weight excluding hydrogens is 408 g/mol. The van der Waals surface area contributed by atoms with Crippen LogP contribution in [-0.4, -0.2) is 21.4 Å². The second-order valence-electron chi connectivity index (χ2n) is 6.33. The molecule has 29 heavy (non-hydrogen) atoms. The molecule has 0 spiro atoms. The lowest BCUT2D eigenvalue weighted by Crippen LogP contribution is -2.10. The fourth-order valence-corrected chi connectivity index (χ4v) is 4.22. The van der Waals surface area contributed by atoms with Gasteiger partial charge in [-0.3, -0.25) is 19.5 Å². The Hall–Kier alpha value is -3.30. The van der Waals surface area contributed by atoms with Gasteiger partial charge in [-0.1, -0.05) is 41.2 Å². The summed E-state index contributed by atoms with van der Waals surface area (Å²) >= 11 is 5.62. The van der Waals surface area contributed by atoms with Crippen molar-refractivity contribution in [3.05, 3.63) is 89.9 Å². The molecule has 1 aliphatic rings. The number of thiazole rings is 1. The standard InChI is InChI=1S/C20H14N4O3S2/c1-12-5-7-15(8-6-12)23-19(28)17(29-20(23)25)10-14-11-21-22-18(14)13-3-2-4-16(9-13)24(26)27/h2-11,28H,1H3/b14-10-. The summed E-state index contributed by atoms with van der Waals surface area (Å²) in [7, 11) is 0. The highest BCUT2D eigenvalue weighted by atomic mass is 32.1. The second kappa shape index (κ2) is 7.61. The Morgan fingerprint density at radius 3 is 2.69 bits per heavy atom. The van der Waals surface area contributed by atoms with Crippen LogP contribution in [0, 0.1) is 17.0 Å². The first-order valence-electron chi connectivity index (χ1n) is 8.54. The Kier molecular flexibility index (Phi) is 4.99. The molecular formula is C20H14N4O3S2. The Morgan fingerprint density at radius 1 is 1.21 bits per heavy atom. The minimum Gasteiger partial charge on any atom is -0.262 e. The molecule has 0 fully saturated rings. The predicted molar refractivity (Wildman–Crippen MR) is 118 cm³/mol. The highest BCUT2D eigenvalue weighted by Gasteiger charge is 2.19. The van der Waals surface area contributed by atoms with Crippen LogP contribution in [0.3, 0.4) is 0 Å². The van der Waals surface area contributed by atoms with Gasteiger partial charge < -0.3 is 0 Å². The summed E-state index contributed by atoms with van der Waals surface area (Å²) in [5, 5.41) is 19.6. The van der Waals surface area contributed by atoms with E-state index in [9.17, 15) is 14.9 Å². The number of non-ortho nitro benzene ring substituents is 1. The fraction of sp³-hybridized carbons (Fsp3) is 0.0500. The van der Waals surface area contributed by atoms with Crippen LogP contribution >= 0.6 is 24.0 Å². The lowest BCUT2D eigenvalue weighted by molar-refractivity contribution is -0.384. The largest absolute Gasteiger partial charge is 0.313 e. The zero-order chi connectivity index (χ0) is 20.5. The molecule has 0 aliphatic carbocycles. The quantitative estimate of drug-likeness (QED) is 0.387. The summed E-state index contributed by atoms with van der Waals surface area (Å²) < 4.78 is 1.54. The number of nitro groups is 1. The molecule has 1 aliphatic heterocycles. The maximum Gasteiger partial charge on any atom is 0.313 e. The molecule has 0 atom stereocenters. The number of benzene rings is 2. The second-order valence-corrected chi connectivity index (χ2v) is 7.74. The van der Waals surface area contributed by atoms with E-state index in [4.69, 9.17) is 0 Å². The molecule has 144 valence electrons. The Balaban J connectivity index is 1.74. The van der Waals surface area contributed by atoms with Crippen molar-refractivity contribution in [3.8, 4) is 5.69 Å². The summed E-state index contributed by atoms with van der Waals surface area (Å²) in [6.45, 7) is 1.98. The molecule has 0 bridgehead atoms. The van der Waals surface area contributed by atoms with Crippen LogP contribution in [-0.2, 0) is 0 Å². The number of hydrogen-bond donors (Lipinski definition) is 1. The van der Waals surface area contributed by atoms with Crippen molar-refractivity contribution >= 4 is 47.7 Å². The Bertz CT molecular complexity index is 1270. The smallest absolute Gasteiger partial charge is 0.262 e. The average Bonchev–Trinajstić information content (AvgIpc) is 3.27. The third-order valence-electron chi connectivity index (χ3n) is 4.35. The van der Waals surface area contributed by atoms with Gasteiger partial charge in [0.15, 0.2) is 0 Å². The number of aromatic nitrogens is 1. The molecule has 0 saturated heterocycles.